The van der Waals surface area contributed by atoms with Crippen molar-refractivity contribution in [1.29, 1.82) is 0 Å². The van der Waals surface area contributed by atoms with E-state index in [-0.39, 0.29) is 0 Å². The van der Waals surface area contributed by atoms with Crippen molar-refractivity contribution in [2.24, 2.45) is 0 Å². The summed E-state index contributed by atoms with van der Waals surface area (Å²) in [6.45, 7) is 4.01. The van der Waals surface area contributed by atoms with Crippen molar-refractivity contribution in [1.82, 2.24) is 0 Å². The molecule has 0 aromatic heterocycles. The van der Waals surface area contributed by atoms with Gasteiger partial charge in [0.2, 0.25) is 0 Å². The minimum Gasteiger partial charge on any atom is -0.507 e. The monoisotopic (exact) mass is 276 g/mol. The molecule has 0 atom stereocenters. The van der Waals surface area contributed by atoms with Crippen LogP contribution in [0.1, 0.15) is 23.6 Å². The molecule has 1 rings (SSSR count). The number of benzene rings is 1. The van der Waals surface area contributed by atoms with Crippen LogP contribution < -0.4 is 0 Å². The Balaban J connectivity index is 3.19. The van der Waals surface area contributed by atoms with Crippen LogP contribution in [0, 0.1) is 6.92 Å². The highest BCUT2D eigenvalue weighted by Crippen LogP contribution is 2.25. The van der Waals surface area contributed by atoms with E-state index in [9.17, 15) is 5.11 Å². The normalized spacial score (nSPS) is 10.2. The Labute approximate surface area is 86.9 Å². The molecule has 0 saturated heterocycles. The SMILES string of the molecule is CCc1cc(CI)cc(C)c1O. The molecule has 0 aliphatic rings. The summed E-state index contributed by atoms with van der Waals surface area (Å²) in [5.74, 6) is 0.464. The van der Waals surface area contributed by atoms with Crippen LogP contribution in [0.3, 0.4) is 0 Å². The number of halogens is 1. The molecule has 0 unspecified atom stereocenters. The maximum absolute atomic E-state index is 9.62. The molecule has 0 fully saturated rings. The molecule has 0 amide bonds. The summed E-state index contributed by atoms with van der Waals surface area (Å²) in [6.07, 6.45) is 0.900. The van der Waals surface area contributed by atoms with Gasteiger partial charge in [-0.15, -0.1) is 0 Å². The van der Waals surface area contributed by atoms with E-state index in [0.717, 1.165) is 22.0 Å². The van der Waals surface area contributed by atoms with Crippen molar-refractivity contribution in [2.45, 2.75) is 24.7 Å². The second-order valence-electron chi connectivity index (χ2n) is 2.91. The molecule has 0 radical (unpaired) electrons. The van der Waals surface area contributed by atoms with Gasteiger partial charge < -0.3 is 5.11 Å². The number of aryl methyl sites for hydroxylation is 2. The summed E-state index contributed by atoms with van der Waals surface area (Å²) in [6, 6.07) is 4.12. The average molecular weight is 276 g/mol. The molecule has 1 aromatic carbocycles. The molecule has 0 saturated carbocycles. The van der Waals surface area contributed by atoms with Crippen LogP contribution in [0.5, 0.6) is 5.75 Å². The zero-order valence-electron chi connectivity index (χ0n) is 7.39. The largest absolute Gasteiger partial charge is 0.507 e. The van der Waals surface area contributed by atoms with Gasteiger partial charge in [-0.1, -0.05) is 41.6 Å². The Morgan fingerprint density at radius 3 is 2.58 bits per heavy atom. The van der Waals surface area contributed by atoms with Gasteiger partial charge in [0.05, 0.1) is 0 Å². The van der Waals surface area contributed by atoms with E-state index in [2.05, 4.69) is 35.6 Å². The number of hydrogen-bond donors (Lipinski definition) is 1. The first-order chi connectivity index (χ1) is 5.69. The third-order valence-corrected chi connectivity index (χ3v) is 2.86. The number of aromatic hydroxyl groups is 1. The molecular formula is C10H13IO. The number of phenolic OH excluding ortho intramolecular Hbond substituents is 1. The van der Waals surface area contributed by atoms with Gasteiger partial charge in [-0.3, -0.25) is 0 Å². The van der Waals surface area contributed by atoms with Gasteiger partial charge in [0.25, 0.3) is 0 Å². The second kappa shape index (κ2) is 4.12. The standard InChI is InChI=1S/C10H13IO/c1-3-9-5-8(6-11)4-7(2)10(9)12/h4-5,12H,3,6H2,1-2H3. The highest BCUT2D eigenvalue weighted by atomic mass is 127. The molecule has 12 heavy (non-hydrogen) atoms. The number of alkyl halides is 1. The fraction of sp³-hybridized carbons (Fsp3) is 0.400. The Bertz CT molecular complexity index is 281. The highest BCUT2D eigenvalue weighted by Gasteiger charge is 2.03. The minimum absolute atomic E-state index is 0.464. The first kappa shape index (κ1) is 9.84. The van der Waals surface area contributed by atoms with Crippen molar-refractivity contribution in [3.05, 3.63) is 28.8 Å². The number of hydrogen-bond acceptors (Lipinski definition) is 1. The Hall–Kier alpha value is -0.250. The third kappa shape index (κ3) is 1.91. The van der Waals surface area contributed by atoms with Crippen LogP contribution in [-0.4, -0.2) is 5.11 Å². The summed E-state index contributed by atoms with van der Waals surface area (Å²) < 4.78 is 1.01. The predicted molar refractivity (Wildman–Crippen MR) is 59.9 cm³/mol. The van der Waals surface area contributed by atoms with Crippen molar-refractivity contribution >= 4 is 22.6 Å². The Morgan fingerprint density at radius 2 is 2.08 bits per heavy atom. The van der Waals surface area contributed by atoms with Crippen LogP contribution in [0.15, 0.2) is 12.1 Å². The zero-order valence-corrected chi connectivity index (χ0v) is 9.55. The molecule has 66 valence electrons. The quantitative estimate of drug-likeness (QED) is 0.649. The lowest BCUT2D eigenvalue weighted by Gasteiger charge is -2.07. The fourth-order valence-electron chi connectivity index (χ4n) is 1.28. The first-order valence-corrected chi connectivity index (χ1v) is 5.59. The average Bonchev–Trinajstić information content (AvgIpc) is 2.09. The van der Waals surface area contributed by atoms with Gasteiger partial charge in [0, 0.05) is 4.43 Å². The molecule has 0 heterocycles. The molecule has 0 bridgehead atoms. The van der Waals surface area contributed by atoms with Gasteiger partial charge in [-0.25, -0.2) is 0 Å². The van der Waals surface area contributed by atoms with Crippen molar-refractivity contribution < 1.29 is 5.11 Å². The van der Waals surface area contributed by atoms with Gasteiger partial charge in [-0.05, 0) is 30.0 Å². The van der Waals surface area contributed by atoms with Crippen LogP contribution in [0.25, 0.3) is 0 Å². The lowest BCUT2D eigenvalue weighted by Crippen LogP contribution is -1.88. The maximum Gasteiger partial charge on any atom is 0.121 e. The van der Waals surface area contributed by atoms with E-state index in [0.29, 0.717) is 5.75 Å². The predicted octanol–water partition coefficient (Wildman–Crippen LogP) is 3.20. The van der Waals surface area contributed by atoms with Gasteiger partial charge >= 0.3 is 0 Å². The summed E-state index contributed by atoms with van der Waals surface area (Å²) in [5.41, 5.74) is 3.34. The van der Waals surface area contributed by atoms with Crippen molar-refractivity contribution in [2.75, 3.05) is 0 Å². The molecule has 0 aliphatic carbocycles. The van der Waals surface area contributed by atoms with E-state index < -0.39 is 0 Å². The molecule has 1 nitrogen and oxygen atoms in total. The summed E-state index contributed by atoms with van der Waals surface area (Å²) in [4.78, 5) is 0. The molecule has 0 spiro atoms. The lowest BCUT2D eigenvalue weighted by atomic mass is 10.0. The fourth-order valence-corrected chi connectivity index (χ4v) is 1.72. The molecule has 2 heteroatoms. The first-order valence-electron chi connectivity index (χ1n) is 4.06. The molecule has 1 aromatic rings. The van der Waals surface area contributed by atoms with Crippen LogP contribution in [0.4, 0.5) is 0 Å². The minimum atomic E-state index is 0.464. The smallest absolute Gasteiger partial charge is 0.121 e. The van der Waals surface area contributed by atoms with Crippen LogP contribution in [-0.2, 0) is 10.8 Å². The van der Waals surface area contributed by atoms with Crippen molar-refractivity contribution in [3.8, 4) is 5.75 Å². The summed E-state index contributed by atoms with van der Waals surface area (Å²) in [5, 5.41) is 9.62. The number of rotatable bonds is 2. The molecule has 0 aliphatic heterocycles. The summed E-state index contributed by atoms with van der Waals surface area (Å²) >= 11 is 2.33. The summed E-state index contributed by atoms with van der Waals surface area (Å²) in [7, 11) is 0. The topological polar surface area (TPSA) is 20.2 Å². The van der Waals surface area contributed by atoms with Gasteiger partial charge in [-0.2, -0.15) is 0 Å². The van der Waals surface area contributed by atoms with Crippen LogP contribution >= 0.6 is 22.6 Å². The number of phenols is 1. The van der Waals surface area contributed by atoms with E-state index in [1.807, 2.05) is 13.0 Å². The van der Waals surface area contributed by atoms with Crippen LogP contribution in [0.2, 0.25) is 0 Å². The van der Waals surface area contributed by atoms with E-state index in [1.54, 1.807) is 0 Å². The van der Waals surface area contributed by atoms with E-state index >= 15 is 0 Å². The lowest BCUT2D eigenvalue weighted by molar-refractivity contribution is 0.464. The van der Waals surface area contributed by atoms with E-state index in [1.165, 1.54) is 5.56 Å². The molecular weight excluding hydrogens is 263 g/mol. The Kier molecular flexibility index (Phi) is 3.38. The third-order valence-electron chi connectivity index (χ3n) is 1.97. The highest BCUT2D eigenvalue weighted by molar-refractivity contribution is 14.1. The maximum atomic E-state index is 9.62. The van der Waals surface area contributed by atoms with E-state index in [4.69, 9.17) is 0 Å². The van der Waals surface area contributed by atoms with Gasteiger partial charge in [0.15, 0.2) is 0 Å². The zero-order chi connectivity index (χ0) is 9.14. The van der Waals surface area contributed by atoms with Crippen molar-refractivity contribution in [3.63, 3.8) is 0 Å². The Morgan fingerprint density at radius 1 is 1.42 bits per heavy atom. The second-order valence-corrected chi connectivity index (χ2v) is 3.67. The molecule has 1 N–H and O–H groups in total. The van der Waals surface area contributed by atoms with Gasteiger partial charge in [0.1, 0.15) is 5.75 Å².